The maximum atomic E-state index is 12.4. The molecule has 2 saturated heterocycles. The minimum atomic E-state index is -1.37. The van der Waals surface area contributed by atoms with E-state index >= 15 is 0 Å². The number of hydrogen-bond acceptors (Lipinski definition) is 6. The van der Waals surface area contributed by atoms with Crippen LogP contribution in [-0.2, 0) is 28.5 Å². The van der Waals surface area contributed by atoms with Crippen molar-refractivity contribution in [3.05, 3.63) is 12.7 Å². The van der Waals surface area contributed by atoms with Gasteiger partial charge in [0, 0.05) is 19.4 Å². The molecule has 2 heterocycles. The van der Waals surface area contributed by atoms with Crippen LogP contribution in [0.5, 0.6) is 0 Å². The highest BCUT2D eigenvalue weighted by atomic mass is 16.6. The lowest BCUT2D eigenvalue weighted by Crippen LogP contribution is -2.56. The van der Waals surface area contributed by atoms with Crippen LogP contribution in [-0.4, -0.2) is 50.6 Å². The summed E-state index contributed by atoms with van der Waals surface area (Å²) in [4.78, 5) is 24.7. The van der Waals surface area contributed by atoms with Crippen LogP contribution in [0.25, 0.3) is 0 Å². The molecule has 2 fully saturated rings. The van der Waals surface area contributed by atoms with E-state index in [9.17, 15) is 9.59 Å². The summed E-state index contributed by atoms with van der Waals surface area (Å²) in [5.74, 6) is -1.19. The lowest BCUT2D eigenvalue weighted by Gasteiger charge is -2.45. The molecule has 6 heteroatoms. The van der Waals surface area contributed by atoms with Gasteiger partial charge < -0.3 is 18.9 Å². The second-order valence-electron chi connectivity index (χ2n) is 6.14. The quantitative estimate of drug-likeness (QED) is 0.446. The number of rotatable bonds is 4. The van der Waals surface area contributed by atoms with Gasteiger partial charge in [-0.25, -0.2) is 0 Å². The molecule has 6 nitrogen and oxygen atoms in total. The third-order valence-electron chi connectivity index (χ3n) is 4.77. The van der Waals surface area contributed by atoms with Gasteiger partial charge in [-0.2, -0.15) is 0 Å². The molecule has 0 bridgehead atoms. The van der Waals surface area contributed by atoms with Crippen LogP contribution in [0.15, 0.2) is 12.7 Å². The van der Waals surface area contributed by atoms with E-state index in [4.69, 9.17) is 18.9 Å². The molecule has 3 atom stereocenters. The van der Waals surface area contributed by atoms with Gasteiger partial charge in [-0.1, -0.05) is 6.08 Å². The molecule has 0 aromatic heterocycles. The van der Waals surface area contributed by atoms with E-state index in [-0.39, 0.29) is 12.8 Å². The summed E-state index contributed by atoms with van der Waals surface area (Å²) in [6.07, 6.45) is 2.88. The van der Waals surface area contributed by atoms with Crippen LogP contribution in [0.2, 0.25) is 0 Å². The topological polar surface area (TPSA) is 71.1 Å². The van der Waals surface area contributed by atoms with Crippen molar-refractivity contribution < 1.29 is 28.5 Å². The maximum Gasteiger partial charge on any atom is 0.323 e. The number of methoxy groups -OCH3 is 2. The summed E-state index contributed by atoms with van der Waals surface area (Å²) in [7, 11) is 2.54. The number of ether oxygens (including phenoxy) is 4. The molecule has 2 aliphatic heterocycles. The average Bonchev–Trinajstić information content (AvgIpc) is 3.00. The summed E-state index contributed by atoms with van der Waals surface area (Å²) in [6, 6.07) is 0. The van der Waals surface area contributed by atoms with Crippen LogP contribution in [0.1, 0.15) is 32.6 Å². The van der Waals surface area contributed by atoms with Crippen LogP contribution < -0.4 is 0 Å². The van der Waals surface area contributed by atoms with Gasteiger partial charge in [-0.15, -0.1) is 6.58 Å². The van der Waals surface area contributed by atoms with Crippen LogP contribution in [0.4, 0.5) is 0 Å². The number of hydrogen-bond donors (Lipinski definition) is 0. The molecule has 0 aromatic carbocycles. The Balaban J connectivity index is 2.37. The van der Waals surface area contributed by atoms with Crippen LogP contribution in [0.3, 0.4) is 0 Å². The van der Waals surface area contributed by atoms with Crippen molar-refractivity contribution in [1.29, 1.82) is 0 Å². The number of carbonyl (C=O) groups is 2. The third kappa shape index (κ3) is 2.77. The van der Waals surface area contributed by atoms with Gasteiger partial charge in [0.1, 0.15) is 0 Å². The van der Waals surface area contributed by atoms with Crippen molar-refractivity contribution in [2.24, 2.45) is 5.41 Å². The van der Waals surface area contributed by atoms with Gasteiger partial charge in [0.2, 0.25) is 0 Å². The molecule has 2 aliphatic rings. The lowest BCUT2D eigenvalue weighted by atomic mass is 9.72. The van der Waals surface area contributed by atoms with Crippen molar-refractivity contribution in [3.63, 3.8) is 0 Å². The zero-order valence-electron chi connectivity index (χ0n) is 13.4. The summed E-state index contributed by atoms with van der Waals surface area (Å²) in [5.41, 5.74) is -1.89. The van der Waals surface area contributed by atoms with E-state index in [1.165, 1.54) is 14.2 Å². The monoisotopic (exact) mass is 312 g/mol. The third-order valence-corrected chi connectivity index (χ3v) is 4.77. The Bertz CT molecular complexity index is 436. The number of esters is 2. The van der Waals surface area contributed by atoms with Gasteiger partial charge in [0.25, 0.3) is 0 Å². The summed E-state index contributed by atoms with van der Waals surface area (Å²) >= 11 is 0. The smallest absolute Gasteiger partial charge is 0.323 e. The largest absolute Gasteiger partial charge is 0.468 e. The van der Waals surface area contributed by atoms with E-state index in [0.29, 0.717) is 6.61 Å². The summed E-state index contributed by atoms with van der Waals surface area (Å²) < 4.78 is 21.6. The molecule has 0 amide bonds. The fraction of sp³-hybridized carbons (Fsp3) is 0.750. The highest BCUT2D eigenvalue weighted by Gasteiger charge is 2.57. The van der Waals surface area contributed by atoms with Gasteiger partial charge in [0.05, 0.1) is 32.0 Å². The first-order valence-electron chi connectivity index (χ1n) is 7.50. The van der Waals surface area contributed by atoms with Gasteiger partial charge >= 0.3 is 11.9 Å². The minimum absolute atomic E-state index is 0.169. The molecule has 124 valence electrons. The van der Waals surface area contributed by atoms with Gasteiger partial charge in [-0.05, 0) is 19.8 Å². The van der Waals surface area contributed by atoms with E-state index in [2.05, 4.69) is 6.58 Å². The first-order valence-corrected chi connectivity index (χ1v) is 7.50. The lowest BCUT2D eigenvalue weighted by molar-refractivity contribution is -0.201. The molecule has 0 saturated carbocycles. The van der Waals surface area contributed by atoms with Gasteiger partial charge in [0.15, 0.2) is 5.41 Å². The molecule has 0 N–H and O–H groups in total. The van der Waals surface area contributed by atoms with E-state index in [1.807, 2.05) is 6.92 Å². The molecule has 0 radical (unpaired) electrons. The Labute approximate surface area is 130 Å². The highest BCUT2D eigenvalue weighted by Crippen LogP contribution is 2.45. The van der Waals surface area contributed by atoms with Gasteiger partial charge in [-0.3, -0.25) is 9.59 Å². The molecule has 0 spiro atoms. The zero-order valence-corrected chi connectivity index (χ0v) is 13.4. The van der Waals surface area contributed by atoms with Crippen LogP contribution >= 0.6 is 0 Å². The Hall–Kier alpha value is -1.40. The second kappa shape index (κ2) is 6.38. The standard InChI is InChI=1S/C16H24O6/c1-5-11-9-16(13(17)19-3,14(18)20-4)10-12(22-11)15(2)7-6-8-21-15/h5,11-12H,1,6-10H2,2-4H3/t11-,12-,15+/m1/s1. The molecule has 0 aromatic rings. The summed E-state index contributed by atoms with van der Waals surface area (Å²) in [5, 5.41) is 0. The predicted octanol–water partition coefficient (Wildman–Crippen LogP) is 1.62. The fourth-order valence-corrected chi connectivity index (χ4v) is 3.41. The van der Waals surface area contributed by atoms with Crippen molar-refractivity contribution in [1.82, 2.24) is 0 Å². The SMILES string of the molecule is C=C[C@@H]1CC(C(=O)OC)(C(=O)OC)C[C@H]([C@]2(C)CCCO2)O1. The highest BCUT2D eigenvalue weighted by molar-refractivity contribution is 6.00. The molecule has 0 unspecified atom stereocenters. The van der Waals surface area contributed by atoms with E-state index in [0.717, 1.165) is 12.8 Å². The Kier molecular flexibility index (Phi) is 4.92. The number of carbonyl (C=O) groups excluding carboxylic acids is 2. The van der Waals surface area contributed by atoms with Crippen molar-refractivity contribution in [2.45, 2.75) is 50.4 Å². The fourth-order valence-electron chi connectivity index (χ4n) is 3.41. The van der Waals surface area contributed by atoms with E-state index in [1.54, 1.807) is 6.08 Å². The Morgan fingerprint density at radius 2 is 1.86 bits per heavy atom. The first-order chi connectivity index (χ1) is 10.4. The molecular formula is C16H24O6. The van der Waals surface area contributed by atoms with Crippen LogP contribution in [0, 0.1) is 5.41 Å². The van der Waals surface area contributed by atoms with Crippen molar-refractivity contribution >= 4 is 11.9 Å². The maximum absolute atomic E-state index is 12.4. The van der Waals surface area contributed by atoms with Crippen molar-refractivity contribution in [2.75, 3.05) is 20.8 Å². The molecule has 0 aliphatic carbocycles. The zero-order chi connectivity index (χ0) is 16.4. The van der Waals surface area contributed by atoms with E-state index < -0.39 is 35.2 Å². The predicted molar refractivity (Wildman–Crippen MR) is 78.1 cm³/mol. The molecule has 2 rings (SSSR count). The first kappa shape index (κ1) is 17.0. The molecular weight excluding hydrogens is 288 g/mol. The average molecular weight is 312 g/mol. The second-order valence-corrected chi connectivity index (χ2v) is 6.14. The molecule has 22 heavy (non-hydrogen) atoms. The normalized spacial score (nSPS) is 34.0. The summed E-state index contributed by atoms with van der Waals surface area (Å²) in [6.45, 7) is 6.34. The Morgan fingerprint density at radius 3 is 2.32 bits per heavy atom. The minimum Gasteiger partial charge on any atom is -0.468 e. The Morgan fingerprint density at radius 1 is 1.23 bits per heavy atom. The van der Waals surface area contributed by atoms with Crippen molar-refractivity contribution in [3.8, 4) is 0 Å².